The van der Waals surface area contributed by atoms with E-state index in [1.54, 1.807) is 0 Å². The van der Waals surface area contributed by atoms with E-state index in [4.69, 9.17) is 5.73 Å². The van der Waals surface area contributed by atoms with Gasteiger partial charge in [0.2, 0.25) is 0 Å². The lowest BCUT2D eigenvalue weighted by atomic mass is 10.1. The monoisotopic (exact) mass is 274 g/mol. The average Bonchev–Trinajstić information content (AvgIpc) is 2.34. The minimum Gasteiger partial charge on any atom is -0.393 e. The molecule has 1 aromatic rings. The zero-order chi connectivity index (χ0) is 14.6. The highest BCUT2D eigenvalue weighted by molar-refractivity contribution is 5.69. The molecular formula is C11H9F3N2O3. The van der Waals surface area contributed by atoms with Gasteiger partial charge in [0.05, 0.1) is 16.9 Å². The van der Waals surface area contributed by atoms with E-state index < -0.39 is 34.5 Å². The Morgan fingerprint density at radius 2 is 2.05 bits per heavy atom. The van der Waals surface area contributed by atoms with Crippen molar-refractivity contribution in [3.63, 3.8) is 0 Å². The van der Waals surface area contributed by atoms with Crippen LogP contribution in [0.1, 0.15) is 17.5 Å². The molecule has 0 spiro atoms. The van der Waals surface area contributed by atoms with Gasteiger partial charge < -0.3 is 10.5 Å². The normalized spacial score (nSPS) is 12.8. The number of carbonyl (C=O) groups is 1. The van der Waals surface area contributed by atoms with Crippen LogP contribution in [0.5, 0.6) is 0 Å². The minimum atomic E-state index is -4.57. The molecule has 19 heavy (non-hydrogen) atoms. The molecule has 0 aliphatic rings. The number of halogens is 3. The van der Waals surface area contributed by atoms with E-state index in [1.807, 2.05) is 0 Å². The third kappa shape index (κ3) is 3.54. The number of nitrogens with zero attached hydrogens (tertiary/aromatic N) is 1. The van der Waals surface area contributed by atoms with Crippen molar-refractivity contribution in [2.75, 3.05) is 0 Å². The molecule has 2 N–H and O–H groups in total. The number of aldehydes is 1. The first kappa shape index (κ1) is 14.7. The summed E-state index contributed by atoms with van der Waals surface area (Å²) >= 11 is 0. The summed E-state index contributed by atoms with van der Waals surface area (Å²) in [5.74, 6) is 0. The molecule has 0 bridgehead atoms. The maximum atomic E-state index is 12.5. The first-order valence-electron chi connectivity index (χ1n) is 5.01. The molecule has 0 atom stereocenters. The van der Waals surface area contributed by atoms with Crippen LogP contribution < -0.4 is 5.73 Å². The molecule has 0 radical (unpaired) electrons. The van der Waals surface area contributed by atoms with Gasteiger partial charge in [-0.2, -0.15) is 13.2 Å². The summed E-state index contributed by atoms with van der Waals surface area (Å²) in [4.78, 5) is 20.1. The Hall–Kier alpha value is -2.38. The Morgan fingerprint density at radius 1 is 1.42 bits per heavy atom. The second kappa shape index (κ2) is 5.51. The Labute approximate surface area is 105 Å². The topological polar surface area (TPSA) is 86.2 Å². The van der Waals surface area contributed by atoms with E-state index in [-0.39, 0.29) is 11.8 Å². The van der Waals surface area contributed by atoms with Crippen molar-refractivity contribution >= 4 is 12.0 Å². The molecule has 0 aliphatic carbocycles. The lowest BCUT2D eigenvalue weighted by Crippen LogP contribution is -2.11. The highest BCUT2D eigenvalue weighted by Crippen LogP contribution is 2.30. The molecule has 0 heterocycles. The van der Waals surface area contributed by atoms with E-state index in [0.717, 1.165) is 12.1 Å². The van der Waals surface area contributed by atoms with Crippen molar-refractivity contribution in [1.29, 1.82) is 0 Å². The maximum Gasteiger partial charge on any atom is 0.416 e. The van der Waals surface area contributed by atoms with Crippen LogP contribution in [0.4, 0.5) is 13.2 Å². The van der Waals surface area contributed by atoms with E-state index in [2.05, 4.69) is 0 Å². The van der Waals surface area contributed by atoms with Crippen LogP contribution in [0.15, 0.2) is 30.0 Å². The van der Waals surface area contributed by atoms with Gasteiger partial charge in [0, 0.05) is 5.56 Å². The average molecular weight is 274 g/mol. The van der Waals surface area contributed by atoms with Crippen molar-refractivity contribution in [1.82, 2.24) is 0 Å². The number of nitro groups is 1. The molecule has 0 fully saturated rings. The molecule has 1 rings (SSSR count). The van der Waals surface area contributed by atoms with Crippen molar-refractivity contribution in [2.24, 2.45) is 5.73 Å². The smallest absolute Gasteiger partial charge is 0.393 e. The summed E-state index contributed by atoms with van der Waals surface area (Å²) in [6, 6.07) is 3.81. The molecule has 5 nitrogen and oxygen atoms in total. The van der Waals surface area contributed by atoms with E-state index in [1.165, 1.54) is 6.07 Å². The summed E-state index contributed by atoms with van der Waals surface area (Å²) in [7, 11) is 0. The third-order valence-electron chi connectivity index (χ3n) is 2.31. The molecule has 0 saturated heterocycles. The molecule has 0 saturated carbocycles. The van der Waals surface area contributed by atoms with Gasteiger partial charge in [-0.1, -0.05) is 12.1 Å². The Bertz CT molecular complexity index is 538. The van der Waals surface area contributed by atoms with Crippen molar-refractivity contribution in [3.05, 3.63) is 51.2 Å². The van der Waals surface area contributed by atoms with Crippen LogP contribution in [0, 0.1) is 10.1 Å². The third-order valence-corrected chi connectivity index (χ3v) is 2.31. The van der Waals surface area contributed by atoms with Gasteiger partial charge in [0.15, 0.2) is 0 Å². The highest BCUT2D eigenvalue weighted by atomic mass is 19.4. The summed E-state index contributed by atoms with van der Waals surface area (Å²) in [5, 5.41) is 10.7. The first-order chi connectivity index (χ1) is 8.77. The van der Waals surface area contributed by atoms with Crippen LogP contribution in [0.3, 0.4) is 0 Å². The second-order valence-electron chi connectivity index (χ2n) is 3.57. The van der Waals surface area contributed by atoms with E-state index in [0.29, 0.717) is 6.07 Å². The van der Waals surface area contributed by atoms with Crippen LogP contribution in [0.25, 0.3) is 5.70 Å². The zero-order valence-electron chi connectivity index (χ0n) is 9.48. The van der Waals surface area contributed by atoms with Crippen LogP contribution in [0.2, 0.25) is 0 Å². The van der Waals surface area contributed by atoms with Gasteiger partial charge in [-0.3, -0.25) is 10.1 Å². The fourth-order valence-electron chi connectivity index (χ4n) is 1.39. The SMILES string of the molecule is N/C(=C(/CC=O)[N+](=O)[O-])c1cccc(C(F)(F)F)c1. The van der Waals surface area contributed by atoms with Crippen LogP contribution in [-0.2, 0) is 11.0 Å². The largest absolute Gasteiger partial charge is 0.416 e. The summed E-state index contributed by atoms with van der Waals surface area (Å²) in [6.07, 6.45) is -4.89. The number of nitrogens with two attached hydrogens (primary N) is 1. The number of hydrogen-bond donors (Lipinski definition) is 1. The minimum absolute atomic E-state index is 0.150. The molecule has 0 unspecified atom stereocenters. The van der Waals surface area contributed by atoms with Gasteiger partial charge in [-0.25, -0.2) is 0 Å². The molecule has 0 aromatic heterocycles. The lowest BCUT2D eigenvalue weighted by Gasteiger charge is -2.09. The summed E-state index contributed by atoms with van der Waals surface area (Å²) < 4.78 is 37.5. The Kier molecular flexibility index (Phi) is 4.26. The van der Waals surface area contributed by atoms with Crippen molar-refractivity contribution in [3.8, 4) is 0 Å². The zero-order valence-corrected chi connectivity index (χ0v) is 9.48. The fourth-order valence-corrected chi connectivity index (χ4v) is 1.39. The fraction of sp³-hybridized carbons (Fsp3) is 0.182. The van der Waals surface area contributed by atoms with Crippen molar-refractivity contribution < 1.29 is 22.9 Å². The van der Waals surface area contributed by atoms with Gasteiger partial charge in [0.1, 0.15) is 12.0 Å². The number of allylic oxidation sites excluding steroid dienone is 1. The van der Waals surface area contributed by atoms with Gasteiger partial charge in [0.25, 0.3) is 5.70 Å². The van der Waals surface area contributed by atoms with Gasteiger partial charge >= 0.3 is 6.18 Å². The number of hydrogen-bond acceptors (Lipinski definition) is 4. The molecule has 8 heteroatoms. The standard InChI is InChI=1S/C11H9F3N2O3/c12-11(13,14)8-3-1-2-7(6-8)10(15)9(4-5-17)16(18)19/h1-3,5-6H,4,15H2/b10-9-. The van der Waals surface area contributed by atoms with E-state index >= 15 is 0 Å². The summed E-state index contributed by atoms with van der Waals surface area (Å²) in [5.41, 5.74) is 3.24. The highest BCUT2D eigenvalue weighted by Gasteiger charge is 2.31. The Morgan fingerprint density at radius 3 is 2.53 bits per heavy atom. The lowest BCUT2D eigenvalue weighted by molar-refractivity contribution is -0.425. The molecular weight excluding hydrogens is 265 g/mol. The predicted molar refractivity (Wildman–Crippen MR) is 60.2 cm³/mol. The van der Waals surface area contributed by atoms with Crippen LogP contribution in [-0.4, -0.2) is 11.2 Å². The van der Waals surface area contributed by atoms with E-state index in [9.17, 15) is 28.1 Å². The van der Waals surface area contributed by atoms with Crippen LogP contribution >= 0.6 is 0 Å². The van der Waals surface area contributed by atoms with Gasteiger partial charge in [-0.05, 0) is 12.1 Å². The van der Waals surface area contributed by atoms with Crippen molar-refractivity contribution in [2.45, 2.75) is 12.6 Å². The summed E-state index contributed by atoms with van der Waals surface area (Å²) in [6.45, 7) is 0. The second-order valence-corrected chi connectivity index (χ2v) is 3.57. The number of alkyl halides is 3. The number of benzene rings is 1. The molecule has 1 aromatic carbocycles. The quantitative estimate of drug-likeness (QED) is 0.518. The van der Waals surface area contributed by atoms with Gasteiger partial charge in [-0.15, -0.1) is 0 Å². The first-order valence-corrected chi connectivity index (χ1v) is 5.01. The Balaban J connectivity index is 3.32. The predicted octanol–water partition coefficient (Wildman–Crippen LogP) is 2.20. The molecule has 0 amide bonds. The number of carbonyl (C=O) groups excluding carboxylic acids is 1. The maximum absolute atomic E-state index is 12.5. The molecule has 0 aliphatic heterocycles. The number of rotatable bonds is 4. The molecule has 102 valence electrons.